The second kappa shape index (κ2) is 5.91. The Morgan fingerprint density at radius 2 is 2.06 bits per heavy atom. The van der Waals surface area contributed by atoms with E-state index in [1.54, 1.807) is 20.5 Å². The number of hydrogen-bond donors (Lipinski definition) is 1. The largest absolute Gasteiger partial charge is 0.497 e. The molecule has 96 valence electrons. The van der Waals surface area contributed by atoms with Gasteiger partial charge in [-0.1, -0.05) is 6.07 Å². The third-order valence-electron chi connectivity index (χ3n) is 2.80. The van der Waals surface area contributed by atoms with E-state index in [9.17, 15) is 0 Å². The maximum atomic E-state index is 5.37. The highest BCUT2D eigenvalue weighted by Gasteiger charge is 2.07. The van der Waals surface area contributed by atoms with Gasteiger partial charge in [0.1, 0.15) is 16.1 Å². The molecule has 0 aliphatic carbocycles. The minimum atomic E-state index is 0.804. The number of nitrogens with zero attached hydrogens (tertiary/aromatic N) is 1. The van der Waals surface area contributed by atoms with Crippen LogP contribution in [0.1, 0.15) is 11.3 Å². The number of aryl methyl sites for hydroxylation is 2. The van der Waals surface area contributed by atoms with Crippen LogP contribution < -0.4 is 9.47 Å². The number of aromatic amines is 1. The third kappa shape index (κ3) is 2.85. The van der Waals surface area contributed by atoms with E-state index in [0.717, 1.165) is 40.2 Å². The molecule has 0 saturated heterocycles. The average Bonchev–Trinajstić information content (AvgIpc) is 2.81. The van der Waals surface area contributed by atoms with Gasteiger partial charge in [0, 0.05) is 11.8 Å². The lowest BCUT2D eigenvalue weighted by molar-refractivity contribution is 0.391. The Labute approximate surface area is 114 Å². The van der Waals surface area contributed by atoms with Crippen LogP contribution in [0, 0.1) is 0 Å². The summed E-state index contributed by atoms with van der Waals surface area (Å²) in [6.45, 7) is 0. The third-order valence-corrected chi connectivity index (χ3v) is 3.49. The van der Waals surface area contributed by atoms with Crippen molar-refractivity contribution in [3.05, 3.63) is 40.4 Å². The molecular weight excluding hydrogens is 296 g/mol. The van der Waals surface area contributed by atoms with Crippen LogP contribution in [-0.4, -0.2) is 24.2 Å². The van der Waals surface area contributed by atoms with Gasteiger partial charge in [-0.3, -0.25) is 0 Å². The van der Waals surface area contributed by atoms with Gasteiger partial charge >= 0.3 is 0 Å². The van der Waals surface area contributed by atoms with Crippen LogP contribution in [0.4, 0.5) is 0 Å². The van der Waals surface area contributed by atoms with Gasteiger partial charge in [-0.25, -0.2) is 4.98 Å². The van der Waals surface area contributed by atoms with E-state index in [1.165, 1.54) is 0 Å². The number of rotatable bonds is 5. The molecule has 0 saturated carbocycles. The zero-order valence-corrected chi connectivity index (χ0v) is 12.0. The summed E-state index contributed by atoms with van der Waals surface area (Å²) < 4.78 is 11.4. The molecule has 0 aliphatic rings. The molecule has 0 spiro atoms. The van der Waals surface area contributed by atoms with Gasteiger partial charge in [0.25, 0.3) is 0 Å². The Balaban J connectivity index is 2.11. The molecule has 1 N–H and O–H groups in total. The Hall–Kier alpha value is -1.49. The van der Waals surface area contributed by atoms with Crippen molar-refractivity contribution in [3.63, 3.8) is 0 Å². The monoisotopic (exact) mass is 310 g/mol. The normalized spacial score (nSPS) is 10.4. The number of aromatic nitrogens is 2. The predicted octanol–water partition coefficient (Wildman–Crippen LogP) is 2.97. The van der Waals surface area contributed by atoms with E-state index in [2.05, 4.69) is 25.9 Å². The van der Waals surface area contributed by atoms with E-state index in [4.69, 9.17) is 9.47 Å². The molecule has 0 fully saturated rings. The number of ether oxygens (including phenoxy) is 2. The molecule has 5 heteroatoms. The minimum absolute atomic E-state index is 0.804. The molecule has 1 aromatic carbocycles. The summed E-state index contributed by atoms with van der Waals surface area (Å²) in [6.07, 6.45) is 3.45. The number of nitrogens with one attached hydrogen (secondary N) is 1. The van der Waals surface area contributed by atoms with Crippen molar-refractivity contribution in [3.8, 4) is 11.5 Å². The topological polar surface area (TPSA) is 47.1 Å². The van der Waals surface area contributed by atoms with Crippen LogP contribution in [0.3, 0.4) is 0 Å². The van der Waals surface area contributed by atoms with Gasteiger partial charge < -0.3 is 14.5 Å². The van der Waals surface area contributed by atoms with Crippen LogP contribution >= 0.6 is 15.9 Å². The van der Waals surface area contributed by atoms with E-state index in [-0.39, 0.29) is 0 Å². The summed E-state index contributed by atoms with van der Waals surface area (Å²) in [5.41, 5.74) is 2.24. The number of imidazole rings is 1. The van der Waals surface area contributed by atoms with Gasteiger partial charge in [0.15, 0.2) is 0 Å². The minimum Gasteiger partial charge on any atom is -0.497 e. The lowest BCUT2D eigenvalue weighted by atomic mass is 10.1. The standard InChI is InChI=1S/C13H15BrN2O2/c1-17-10-5-3-9(12(7-10)18-2)4-6-11-13(14)16-8-15-11/h3,5,7-8H,4,6H2,1-2H3,(H,15,16). The fourth-order valence-electron chi connectivity index (χ4n) is 1.80. The molecule has 4 nitrogen and oxygen atoms in total. The Morgan fingerprint density at radius 1 is 1.22 bits per heavy atom. The maximum absolute atomic E-state index is 5.37. The van der Waals surface area contributed by atoms with Crippen molar-refractivity contribution in [1.29, 1.82) is 0 Å². The van der Waals surface area contributed by atoms with Crippen LogP contribution in [0.25, 0.3) is 0 Å². The van der Waals surface area contributed by atoms with E-state index in [0.29, 0.717) is 0 Å². The lowest BCUT2D eigenvalue weighted by Gasteiger charge is -2.10. The van der Waals surface area contributed by atoms with E-state index < -0.39 is 0 Å². The van der Waals surface area contributed by atoms with E-state index in [1.807, 2.05) is 18.2 Å². The first kappa shape index (κ1) is 13.0. The van der Waals surface area contributed by atoms with Crippen molar-refractivity contribution in [2.75, 3.05) is 14.2 Å². The molecule has 2 rings (SSSR count). The molecule has 2 aromatic rings. The van der Waals surface area contributed by atoms with Gasteiger partial charge in [-0.2, -0.15) is 0 Å². The first-order chi connectivity index (χ1) is 8.74. The van der Waals surface area contributed by atoms with Crippen molar-refractivity contribution in [1.82, 2.24) is 9.97 Å². The summed E-state index contributed by atoms with van der Waals surface area (Å²) in [5.74, 6) is 1.66. The van der Waals surface area contributed by atoms with Gasteiger partial charge in [0.05, 0.1) is 20.5 Å². The molecule has 0 radical (unpaired) electrons. The number of H-pyrrole nitrogens is 1. The highest BCUT2D eigenvalue weighted by atomic mass is 79.9. The number of methoxy groups -OCH3 is 2. The molecule has 1 aromatic heterocycles. The summed E-state index contributed by atoms with van der Waals surface area (Å²) in [4.78, 5) is 7.22. The van der Waals surface area contributed by atoms with Crippen LogP contribution in [0.5, 0.6) is 11.5 Å². The predicted molar refractivity (Wildman–Crippen MR) is 73.2 cm³/mol. The van der Waals surface area contributed by atoms with Crippen molar-refractivity contribution < 1.29 is 9.47 Å². The summed E-state index contributed by atoms with van der Waals surface area (Å²) in [6, 6.07) is 5.87. The van der Waals surface area contributed by atoms with Crippen molar-refractivity contribution >= 4 is 15.9 Å². The quantitative estimate of drug-likeness (QED) is 0.923. The molecule has 0 aliphatic heterocycles. The van der Waals surface area contributed by atoms with E-state index >= 15 is 0 Å². The molecular formula is C13H15BrN2O2. The fraction of sp³-hybridized carbons (Fsp3) is 0.308. The van der Waals surface area contributed by atoms with Gasteiger partial charge in [0.2, 0.25) is 0 Å². The molecule has 0 unspecified atom stereocenters. The Kier molecular flexibility index (Phi) is 4.25. The zero-order chi connectivity index (χ0) is 13.0. The molecule has 18 heavy (non-hydrogen) atoms. The zero-order valence-electron chi connectivity index (χ0n) is 10.4. The van der Waals surface area contributed by atoms with Gasteiger partial charge in [-0.15, -0.1) is 0 Å². The summed E-state index contributed by atoms with van der Waals surface area (Å²) in [5, 5.41) is 0. The lowest BCUT2D eigenvalue weighted by Crippen LogP contribution is -1.97. The summed E-state index contributed by atoms with van der Waals surface area (Å²) >= 11 is 3.40. The van der Waals surface area contributed by atoms with Crippen molar-refractivity contribution in [2.24, 2.45) is 0 Å². The number of halogens is 1. The molecule has 0 amide bonds. The first-order valence-corrected chi connectivity index (χ1v) is 6.42. The van der Waals surface area contributed by atoms with Crippen LogP contribution in [0.2, 0.25) is 0 Å². The molecule has 1 heterocycles. The Bertz CT molecular complexity index is 525. The van der Waals surface area contributed by atoms with Gasteiger partial charge in [-0.05, 0) is 40.4 Å². The van der Waals surface area contributed by atoms with Crippen molar-refractivity contribution in [2.45, 2.75) is 12.8 Å². The fourth-order valence-corrected chi connectivity index (χ4v) is 2.21. The molecule has 0 bridgehead atoms. The Morgan fingerprint density at radius 3 is 2.67 bits per heavy atom. The number of hydrogen-bond acceptors (Lipinski definition) is 3. The smallest absolute Gasteiger partial charge is 0.127 e. The second-order valence-corrected chi connectivity index (χ2v) is 4.60. The highest BCUT2D eigenvalue weighted by molar-refractivity contribution is 9.10. The summed E-state index contributed by atoms with van der Waals surface area (Å²) in [7, 11) is 3.32. The second-order valence-electron chi connectivity index (χ2n) is 3.85. The maximum Gasteiger partial charge on any atom is 0.127 e. The average molecular weight is 311 g/mol. The molecule has 0 atom stereocenters. The first-order valence-electron chi connectivity index (χ1n) is 5.63. The highest BCUT2D eigenvalue weighted by Crippen LogP contribution is 2.26. The van der Waals surface area contributed by atoms with Crippen LogP contribution in [0.15, 0.2) is 29.1 Å². The van der Waals surface area contributed by atoms with Crippen LogP contribution in [-0.2, 0) is 12.8 Å². The SMILES string of the molecule is COc1ccc(CCc2[nH]cnc2Br)c(OC)c1. The number of benzene rings is 1.